The Balaban J connectivity index is 1.86. The average Bonchev–Trinajstić information content (AvgIpc) is 2.53. The van der Waals surface area contributed by atoms with Crippen LogP contribution < -0.4 is 0 Å². The van der Waals surface area contributed by atoms with E-state index in [4.69, 9.17) is 51.1 Å². The molecule has 0 bridgehead atoms. The number of carbonyl (C=O) groups excluding carboxylic acids is 2. The molecule has 0 aliphatic carbocycles. The van der Waals surface area contributed by atoms with Crippen molar-refractivity contribution in [1.82, 2.24) is 0 Å². The van der Waals surface area contributed by atoms with Crippen LogP contribution in [0.4, 0.5) is 0 Å². The summed E-state index contributed by atoms with van der Waals surface area (Å²) in [6.45, 7) is -0.399. The van der Waals surface area contributed by atoms with Crippen LogP contribution in [0.1, 0.15) is 10.4 Å². The van der Waals surface area contributed by atoms with Crippen molar-refractivity contribution in [1.29, 1.82) is 0 Å². The number of thioether (sulfide) groups is 1. The van der Waals surface area contributed by atoms with Gasteiger partial charge in [-0.15, -0.1) is 11.8 Å². The first-order valence-electron chi connectivity index (χ1n) is 6.58. The molecule has 3 nitrogen and oxygen atoms in total. The molecule has 0 aliphatic heterocycles. The van der Waals surface area contributed by atoms with Crippen molar-refractivity contribution in [2.24, 2.45) is 0 Å². The summed E-state index contributed by atoms with van der Waals surface area (Å²) in [5, 5.41) is 1.64. The van der Waals surface area contributed by atoms with E-state index in [0.29, 0.717) is 20.0 Å². The van der Waals surface area contributed by atoms with Gasteiger partial charge in [0, 0.05) is 20.5 Å². The number of carbonyl (C=O) groups is 2. The Morgan fingerprint density at radius 2 is 1.58 bits per heavy atom. The zero-order valence-electron chi connectivity index (χ0n) is 12.0. The van der Waals surface area contributed by atoms with Gasteiger partial charge in [-0.2, -0.15) is 0 Å². The Labute approximate surface area is 163 Å². The molecule has 126 valence electrons. The highest BCUT2D eigenvalue weighted by molar-refractivity contribution is 8.00. The fourth-order valence-corrected chi connectivity index (χ4v) is 3.51. The van der Waals surface area contributed by atoms with E-state index in [0.717, 1.165) is 0 Å². The van der Waals surface area contributed by atoms with Crippen LogP contribution in [0.5, 0.6) is 0 Å². The van der Waals surface area contributed by atoms with E-state index in [-0.39, 0.29) is 16.3 Å². The lowest BCUT2D eigenvalue weighted by molar-refractivity contribution is -0.139. The van der Waals surface area contributed by atoms with Gasteiger partial charge in [0.15, 0.2) is 6.61 Å². The molecule has 0 N–H and O–H groups in total. The number of esters is 1. The predicted molar refractivity (Wildman–Crippen MR) is 98.9 cm³/mol. The van der Waals surface area contributed by atoms with E-state index in [1.807, 2.05) is 0 Å². The van der Waals surface area contributed by atoms with Gasteiger partial charge in [-0.05, 0) is 36.4 Å². The Kier molecular flexibility index (Phi) is 7.26. The average molecular weight is 424 g/mol. The molecular weight excluding hydrogens is 414 g/mol. The van der Waals surface area contributed by atoms with Gasteiger partial charge in [0.25, 0.3) is 0 Å². The summed E-state index contributed by atoms with van der Waals surface area (Å²) in [6.07, 6.45) is 0. The largest absolute Gasteiger partial charge is 0.457 e. The normalized spacial score (nSPS) is 10.5. The van der Waals surface area contributed by atoms with Gasteiger partial charge in [-0.3, -0.25) is 9.59 Å². The van der Waals surface area contributed by atoms with Crippen molar-refractivity contribution in [2.45, 2.75) is 4.90 Å². The lowest BCUT2D eigenvalue weighted by Gasteiger charge is -2.07. The minimum Gasteiger partial charge on any atom is -0.457 e. The van der Waals surface area contributed by atoms with Gasteiger partial charge in [0.1, 0.15) is 0 Å². The van der Waals surface area contributed by atoms with Gasteiger partial charge < -0.3 is 4.74 Å². The van der Waals surface area contributed by atoms with Crippen LogP contribution in [-0.2, 0) is 9.53 Å². The lowest BCUT2D eigenvalue weighted by atomic mass is 10.1. The van der Waals surface area contributed by atoms with E-state index in [9.17, 15) is 9.59 Å². The maximum absolute atomic E-state index is 12.0. The van der Waals surface area contributed by atoms with E-state index in [2.05, 4.69) is 0 Å². The minimum absolute atomic E-state index is 0.00168. The number of halogens is 4. The highest BCUT2D eigenvalue weighted by atomic mass is 35.5. The Hall–Kier alpha value is -0.910. The van der Waals surface area contributed by atoms with Crippen LogP contribution >= 0.6 is 58.2 Å². The Bertz CT molecular complexity index is 780. The maximum atomic E-state index is 12.0. The minimum atomic E-state index is -0.547. The van der Waals surface area contributed by atoms with E-state index in [1.165, 1.54) is 23.9 Å². The molecule has 8 heteroatoms. The number of hydrogen-bond acceptors (Lipinski definition) is 4. The van der Waals surface area contributed by atoms with Crippen molar-refractivity contribution in [3.8, 4) is 0 Å². The second kappa shape index (κ2) is 8.97. The summed E-state index contributed by atoms with van der Waals surface area (Å²) in [7, 11) is 0. The van der Waals surface area contributed by atoms with Crippen LogP contribution in [0.15, 0.2) is 41.3 Å². The first-order chi connectivity index (χ1) is 11.4. The molecular formula is C16H10Cl4O3S. The van der Waals surface area contributed by atoms with Gasteiger partial charge in [0.2, 0.25) is 5.78 Å². The predicted octanol–water partition coefficient (Wildman–Crippen LogP) is 5.82. The molecule has 0 fully saturated rings. The second-order valence-electron chi connectivity index (χ2n) is 4.57. The van der Waals surface area contributed by atoms with Crippen molar-refractivity contribution >= 4 is 69.9 Å². The quantitative estimate of drug-likeness (QED) is 0.333. The van der Waals surface area contributed by atoms with Crippen molar-refractivity contribution < 1.29 is 14.3 Å². The van der Waals surface area contributed by atoms with Gasteiger partial charge in [-0.1, -0.05) is 46.4 Å². The van der Waals surface area contributed by atoms with Gasteiger partial charge in [-0.25, -0.2) is 0 Å². The number of benzene rings is 2. The van der Waals surface area contributed by atoms with Crippen LogP contribution in [0.3, 0.4) is 0 Å². The van der Waals surface area contributed by atoms with Gasteiger partial charge >= 0.3 is 5.97 Å². The molecule has 0 heterocycles. The fraction of sp³-hybridized carbons (Fsp3) is 0.125. The summed E-state index contributed by atoms with van der Waals surface area (Å²) in [6, 6.07) is 9.43. The van der Waals surface area contributed by atoms with Crippen molar-refractivity contribution in [2.75, 3.05) is 12.4 Å². The summed E-state index contributed by atoms with van der Waals surface area (Å²) in [5.74, 6) is -0.952. The molecule has 2 aromatic rings. The number of ketones is 1. The second-order valence-corrected chi connectivity index (χ2v) is 7.28. The molecule has 0 saturated carbocycles. The third-order valence-electron chi connectivity index (χ3n) is 2.83. The number of ether oxygens (including phenoxy) is 1. The molecule has 0 aromatic heterocycles. The maximum Gasteiger partial charge on any atom is 0.316 e. The lowest BCUT2D eigenvalue weighted by Crippen LogP contribution is -2.15. The van der Waals surface area contributed by atoms with E-state index in [1.54, 1.807) is 24.3 Å². The molecule has 2 aromatic carbocycles. The van der Waals surface area contributed by atoms with Crippen LogP contribution in [0, 0.1) is 0 Å². The fourth-order valence-electron chi connectivity index (χ4n) is 1.71. The van der Waals surface area contributed by atoms with Gasteiger partial charge in [0.05, 0.1) is 15.8 Å². The SMILES string of the molecule is O=C(CSc1cc(Cl)ccc1Cl)OCC(=O)c1ccc(Cl)cc1Cl. The molecule has 24 heavy (non-hydrogen) atoms. The molecule has 0 radical (unpaired) electrons. The molecule has 2 rings (SSSR count). The number of Topliss-reactive ketones (excluding diaryl/α,β-unsaturated/α-hetero) is 1. The molecule has 0 spiro atoms. The number of rotatable bonds is 6. The molecule has 0 aliphatic rings. The summed E-state index contributed by atoms with van der Waals surface area (Å²) in [5.41, 5.74) is 0.249. The Morgan fingerprint density at radius 3 is 2.29 bits per heavy atom. The first kappa shape index (κ1) is 19.4. The molecule has 0 saturated heterocycles. The third kappa shape index (κ3) is 5.57. The zero-order valence-corrected chi connectivity index (χ0v) is 15.9. The summed E-state index contributed by atoms with van der Waals surface area (Å²) in [4.78, 5) is 24.4. The molecule has 0 unspecified atom stereocenters. The summed E-state index contributed by atoms with van der Waals surface area (Å²) >= 11 is 24.8. The van der Waals surface area contributed by atoms with E-state index < -0.39 is 18.4 Å². The monoisotopic (exact) mass is 422 g/mol. The zero-order chi connectivity index (χ0) is 17.7. The van der Waals surface area contributed by atoms with Crippen LogP contribution in [0.25, 0.3) is 0 Å². The van der Waals surface area contributed by atoms with Crippen molar-refractivity contribution in [3.63, 3.8) is 0 Å². The highest BCUT2D eigenvalue weighted by Gasteiger charge is 2.14. The standard InChI is InChI=1S/C16H10Cl4O3S/c17-9-1-3-11(13(20)5-9)14(21)7-23-16(22)8-24-15-6-10(18)2-4-12(15)19/h1-6H,7-8H2. The van der Waals surface area contributed by atoms with Crippen LogP contribution in [0.2, 0.25) is 20.1 Å². The highest BCUT2D eigenvalue weighted by Crippen LogP contribution is 2.29. The topological polar surface area (TPSA) is 43.4 Å². The van der Waals surface area contributed by atoms with E-state index >= 15 is 0 Å². The number of hydrogen-bond donors (Lipinski definition) is 0. The third-order valence-corrected chi connectivity index (χ3v) is 5.09. The molecule has 0 amide bonds. The van der Waals surface area contributed by atoms with Crippen LogP contribution in [-0.4, -0.2) is 24.1 Å². The Morgan fingerprint density at radius 1 is 0.917 bits per heavy atom. The smallest absolute Gasteiger partial charge is 0.316 e. The molecule has 0 atom stereocenters. The van der Waals surface area contributed by atoms with Crippen molar-refractivity contribution in [3.05, 3.63) is 62.1 Å². The summed E-state index contributed by atoms with van der Waals surface area (Å²) < 4.78 is 4.96. The first-order valence-corrected chi connectivity index (χ1v) is 9.08.